The number of carbonyl (C=O) groups is 2. The Bertz CT molecular complexity index is 1730. The van der Waals surface area contributed by atoms with E-state index in [1.54, 1.807) is 31.5 Å². The van der Waals surface area contributed by atoms with Crippen molar-refractivity contribution in [2.24, 2.45) is 0 Å². The van der Waals surface area contributed by atoms with Gasteiger partial charge in [0.15, 0.2) is 3.92 Å². The summed E-state index contributed by atoms with van der Waals surface area (Å²) in [5.74, 6) is 0.346. The van der Waals surface area contributed by atoms with Crippen molar-refractivity contribution in [2.75, 3.05) is 13.2 Å². The second-order valence-corrected chi connectivity index (χ2v) is 13.2. The number of fused-ring (bicyclic) bond motifs is 2. The fraction of sp³-hybridized carbons (Fsp3) is 0.379. The summed E-state index contributed by atoms with van der Waals surface area (Å²) >= 11 is 5.75. The van der Waals surface area contributed by atoms with Crippen LogP contribution in [0, 0.1) is 13.8 Å². The molecule has 254 valence electrons. The molecule has 0 saturated heterocycles. The maximum atomic E-state index is 11.7. The van der Waals surface area contributed by atoms with E-state index >= 15 is 0 Å². The molecule has 0 amide bonds. The molecule has 2 N–H and O–H groups in total. The molecule has 0 aliphatic carbocycles. The van der Waals surface area contributed by atoms with E-state index in [-0.39, 0.29) is 32.2 Å². The zero-order chi connectivity index (χ0) is 33.7. The fourth-order valence-corrected chi connectivity index (χ4v) is 6.63. The van der Waals surface area contributed by atoms with Gasteiger partial charge in [-0.1, -0.05) is 29.0 Å². The van der Waals surface area contributed by atoms with Gasteiger partial charge >= 0.3 is 26.2 Å². The predicted molar refractivity (Wildman–Crippen MR) is 182 cm³/mol. The molecule has 4 aromatic rings. The summed E-state index contributed by atoms with van der Waals surface area (Å²) in [6.07, 6.45) is -0.925. The summed E-state index contributed by atoms with van der Waals surface area (Å²) in [6, 6.07) is 7.01. The van der Waals surface area contributed by atoms with Crippen LogP contribution in [0.15, 0.2) is 33.7 Å². The van der Waals surface area contributed by atoms with Gasteiger partial charge in [0.2, 0.25) is 0 Å². The number of aryl methyl sites for hydroxylation is 2. The number of hydrogen-bond donors (Lipinski definition) is 2. The van der Waals surface area contributed by atoms with E-state index in [0.29, 0.717) is 49.9 Å². The summed E-state index contributed by atoms with van der Waals surface area (Å²) < 4.78 is 32.8. The zero-order valence-electron chi connectivity index (χ0n) is 25.7. The second-order valence-electron chi connectivity index (χ2n) is 10.2. The molecule has 2 aromatic heterocycles. The van der Waals surface area contributed by atoms with Gasteiger partial charge in [-0.25, -0.2) is 0 Å². The van der Waals surface area contributed by atoms with Crippen molar-refractivity contribution in [1.29, 1.82) is 0 Å². The molecule has 0 saturated carbocycles. The Morgan fingerprint density at radius 2 is 1.33 bits per heavy atom. The number of hydrogen-bond acceptors (Lipinski definition) is 16. The highest BCUT2D eigenvalue weighted by atomic mass is 79.9. The summed E-state index contributed by atoms with van der Waals surface area (Å²) in [5.41, 5.74) is 6.08. The van der Waals surface area contributed by atoms with Gasteiger partial charge in [0, 0.05) is 0 Å². The smallest absolute Gasteiger partial charge is 0.466 e. The van der Waals surface area contributed by atoms with E-state index in [1.807, 2.05) is 26.0 Å². The molecule has 6 rings (SSSR count). The highest BCUT2D eigenvalue weighted by Crippen LogP contribution is 2.35. The molecule has 2 aliphatic heterocycles. The number of nitrogens with zero attached hydrogens (tertiary/aromatic N) is 4. The monoisotopic (exact) mass is 762 g/mol. The SMILES string of the molecule is C.CCOC(=O)CC1OB(O)c2cc(Oc3nnc(Br)s3)cc(C)c21.CCOC(=O)CC1OB(O)c2cc(Oc3nncs3)cc(C)c21. The van der Waals surface area contributed by atoms with Crippen LogP contribution in [0.3, 0.4) is 0 Å². The molecule has 19 heteroatoms. The van der Waals surface area contributed by atoms with Crippen molar-refractivity contribution in [3.05, 3.63) is 55.9 Å². The molecule has 0 bridgehead atoms. The third-order valence-electron chi connectivity index (χ3n) is 6.99. The standard InChI is InChI=1S/C14H14BBrN2O5S.C14H15BN2O5S.CH4/c1-3-21-11(19)6-10-12-7(2)4-8(5-9(12)15(20)23-10)22-14-18-17-13(16)24-14;1-3-20-12(18)6-11-13-8(2)4-9(5-10(13)15(19)22-11)21-14-17-16-7-23-14;/h4-5,10,20H,3,6H2,1-2H3;4-5,7,11,19H,3,6H2,1-2H3;1H4. The second kappa shape index (κ2) is 16.8. The lowest BCUT2D eigenvalue weighted by Crippen LogP contribution is -2.28. The molecule has 2 aliphatic rings. The lowest BCUT2D eigenvalue weighted by atomic mass is 9.77. The third-order valence-corrected chi connectivity index (χ3v) is 8.79. The Hall–Kier alpha value is -3.45. The minimum atomic E-state index is -1.11. The fourth-order valence-electron chi connectivity index (χ4n) is 5.27. The highest BCUT2D eigenvalue weighted by Gasteiger charge is 2.39. The zero-order valence-corrected chi connectivity index (χ0v) is 28.9. The normalized spacial score (nSPS) is 15.9. The van der Waals surface area contributed by atoms with Gasteiger partial charge in [-0.3, -0.25) is 9.59 Å². The molecule has 2 unspecified atom stereocenters. The Morgan fingerprint density at radius 1 is 0.833 bits per heavy atom. The lowest BCUT2D eigenvalue weighted by Gasteiger charge is -2.14. The molecule has 14 nitrogen and oxygen atoms in total. The number of ether oxygens (including phenoxy) is 4. The largest absolute Gasteiger partial charge is 0.492 e. The number of rotatable bonds is 10. The lowest BCUT2D eigenvalue weighted by molar-refractivity contribution is -0.146. The van der Waals surface area contributed by atoms with E-state index in [0.717, 1.165) is 22.3 Å². The average molecular weight is 763 g/mol. The van der Waals surface area contributed by atoms with Crippen molar-refractivity contribution in [1.82, 2.24) is 20.4 Å². The van der Waals surface area contributed by atoms with Gasteiger partial charge in [0.25, 0.3) is 10.4 Å². The summed E-state index contributed by atoms with van der Waals surface area (Å²) in [5, 5.41) is 36.3. The number of halogens is 1. The van der Waals surface area contributed by atoms with Gasteiger partial charge in [-0.05, 0) is 112 Å². The Kier molecular flexibility index (Phi) is 13.1. The molecule has 2 aromatic carbocycles. The maximum absolute atomic E-state index is 11.7. The van der Waals surface area contributed by atoms with Crippen molar-refractivity contribution >= 4 is 75.7 Å². The van der Waals surface area contributed by atoms with E-state index in [2.05, 4.69) is 36.3 Å². The Balaban J connectivity index is 0.000000212. The van der Waals surface area contributed by atoms with Crippen LogP contribution in [-0.4, -0.2) is 69.8 Å². The van der Waals surface area contributed by atoms with Crippen molar-refractivity contribution in [2.45, 2.75) is 60.2 Å². The van der Waals surface area contributed by atoms with Crippen LogP contribution < -0.4 is 20.4 Å². The third kappa shape index (κ3) is 8.96. The molecule has 0 radical (unpaired) electrons. The molecule has 48 heavy (non-hydrogen) atoms. The number of esters is 2. The van der Waals surface area contributed by atoms with Crippen molar-refractivity contribution < 1.29 is 47.9 Å². The summed E-state index contributed by atoms with van der Waals surface area (Å²) in [7, 11) is -2.20. The molecule has 0 fully saturated rings. The number of aromatic nitrogens is 4. The Labute approximate surface area is 294 Å². The van der Waals surface area contributed by atoms with Gasteiger partial charge in [-0.2, -0.15) is 0 Å². The maximum Gasteiger partial charge on any atom is 0.492 e. The molecule has 0 spiro atoms. The molecular weight excluding hydrogens is 730 g/mol. The van der Waals surface area contributed by atoms with E-state index in [9.17, 15) is 19.6 Å². The van der Waals surface area contributed by atoms with Crippen molar-refractivity contribution in [3.8, 4) is 21.9 Å². The van der Waals surface area contributed by atoms with Gasteiger partial charge in [0.05, 0.1) is 38.3 Å². The topological polar surface area (TPSA) is 182 Å². The van der Waals surface area contributed by atoms with Gasteiger partial charge in [0.1, 0.15) is 17.0 Å². The first-order valence-corrected chi connectivity index (χ1v) is 16.9. The first kappa shape index (κ1) is 37.4. The van der Waals surface area contributed by atoms with Crippen molar-refractivity contribution in [3.63, 3.8) is 0 Å². The molecular formula is C29H33B2BrN4O10S2. The quantitative estimate of drug-likeness (QED) is 0.174. The first-order chi connectivity index (χ1) is 22.6. The summed E-state index contributed by atoms with van der Waals surface area (Å²) in [4.78, 5) is 23.4. The Morgan fingerprint density at radius 3 is 1.75 bits per heavy atom. The van der Waals surface area contributed by atoms with Crippen LogP contribution in [0.2, 0.25) is 0 Å². The van der Waals surface area contributed by atoms with Crippen LogP contribution in [0.1, 0.15) is 68.6 Å². The van der Waals surface area contributed by atoms with Crippen LogP contribution in [0.4, 0.5) is 0 Å². The summed E-state index contributed by atoms with van der Waals surface area (Å²) in [6.45, 7) is 7.88. The van der Waals surface area contributed by atoms with Crippen LogP contribution in [0.5, 0.6) is 21.9 Å². The minimum absolute atomic E-state index is 0. The number of carbonyl (C=O) groups excluding carboxylic acids is 2. The van der Waals surface area contributed by atoms with E-state index in [1.165, 1.54) is 22.7 Å². The predicted octanol–water partition coefficient (Wildman–Crippen LogP) is 4.10. The van der Waals surface area contributed by atoms with E-state index < -0.39 is 26.4 Å². The van der Waals surface area contributed by atoms with Crippen LogP contribution in [0.25, 0.3) is 0 Å². The highest BCUT2D eigenvalue weighted by molar-refractivity contribution is 9.11. The molecule has 4 heterocycles. The van der Waals surface area contributed by atoms with Crippen LogP contribution >= 0.6 is 38.6 Å². The van der Waals surface area contributed by atoms with Gasteiger partial charge in [-0.15, -0.1) is 10.2 Å². The minimum Gasteiger partial charge on any atom is -0.466 e. The molecule has 2 atom stereocenters. The van der Waals surface area contributed by atoms with E-state index in [4.69, 9.17) is 28.3 Å². The first-order valence-electron chi connectivity index (χ1n) is 14.4. The average Bonchev–Trinajstić information content (AvgIpc) is 3.79. The van der Waals surface area contributed by atoms with Gasteiger partial charge < -0.3 is 38.3 Å². The van der Waals surface area contributed by atoms with Crippen LogP contribution in [-0.2, 0) is 28.4 Å². The number of benzene rings is 2.